The molecule has 0 aliphatic rings. The topological polar surface area (TPSA) is 39.2 Å². The third kappa shape index (κ3) is 3.53. The Labute approximate surface area is 138 Å². The first-order valence-electron chi connectivity index (χ1n) is 6.48. The molecule has 2 aromatic carbocycles. The number of carbonyl (C=O) groups excluding carboxylic acids is 1. The zero-order valence-corrected chi connectivity index (χ0v) is 13.5. The summed E-state index contributed by atoms with van der Waals surface area (Å²) < 4.78 is 5.85. The molecule has 0 fully saturated rings. The second-order valence-electron chi connectivity index (χ2n) is 4.47. The molecule has 0 bridgehead atoms. The van der Waals surface area contributed by atoms with Crippen LogP contribution in [-0.4, -0.2) is 18.1 Å². The smallest absolute Gasteiger partial charge is 0.337 e. The highest BCUT2D eigenvalue weighted by molar-refractivity contribution is 7.19. The minimum absolute atomic E-state index is 0. The maximum Gasteiger partial charge on any atom is 0.337 e. The van der Waals surface area contributed by atoms with E-state index in [1.54, 1.807) is 23.5 Å². The Bertz CT molecular complexity index is 776. The molecule has 3 aromatic rings. The highest BCUT2D eigenvalue weighted by Crippen LogP contribution is 2.23. The summed E-state index contributed by atoms with van der Waals surface area (Å²) in [6, 6.07) is 15.4. The molecule has 0 aliphatic carbocycles. The fourth-order valence-corrected chi connectivity index (χ4v) is 2.85. The summed E-state index contributed by atoms with van der Waals surface area (Å²) in [5.41, 5.74) is 2.58. The van der Waals surface area contributed by atoms with Gasteiger partial charge in [-0.3, -0.25) is 0 Å². The van der Waals surface area contributed by atoms with Gasteiger partial charge in [0, 0.05) is 0 Å². The van der Waals surface area contributed by atoms with E-state index >= 15 is 0 Å². The van der Waals surface area contributed by atoms with Crippen molar-refractivity contribution in [1.29, 1.82) is 0 Å². The predicted molar refractivity (Wildman–Crippen MR) is 93.6 cm³/mol. The Kier molecular flexibility index (Phi) is 5.31. The largest absolute Gasteiger partial charge is 0.465 e. The van der Waals surface area contributed by atoms with E-state index in [9.17, 15) is 4.79 Å². The number of hydrogen-bond acceptors (Lipinski definition) is 4. The molecule has 0 N–H and O–H groups in total. The minimum atomic E-state index is -0.322. The number of rotatable bonds is 3. The number of fused-ring (bicyclic) bond motifs is 1. The number of esters is 1. The van der Waals surface area contributed by atoms with Crippen LogP contribution >= 0.6 is 23.7 Å². The van der Waals surface area contributed by atoms with Crippen LogP contribution in [-0.2, 0) is 4.74 Å². The molecule has 1 heterocycles. The van der Waals surface area contributed by atoms with Crippen LogP contribution in [0, 0.1) is 0 Å². The van der Waals surface area contributed by atoms with Gasteiger partial charge < -0.3 is 4.74 Å². The molecule has 0 saturated heterocycles. The van der Waals surface area contributed by atoms with Crippen LogP contribution in [0.2, 0.25) is 0 Å². The van der Waals surface area contributed by atoms with E-state index in [1.165, 1.54) is 11.8 Å². The number of para-hydroxylation sites is 1. The van der Waals surface area contributed by atoms with Gasteiger partial charge in [-0.2, -0.15) is 0 Å². The third-order valence-electron chi connectivity index (χ3n) is 3.06. The summed E-state index contributed by atoms with van der Waals surface area (Å²) in [5.74, 6) is -0.322. The van der Waals surface area contributed by atoms with Crippen LogP contribution in [0.4, 0.5) is 0 Å². The molecule has 0 atom stereocenters. The number of methoxy groups -OCH3 is 1. The van der Waals surface area contributed by atoms with Gasteiger partial charge in [0.15, 0.2) is 0 Å². The number of ether oxygens (including phenoxy) is 1. The molecule has 22 heavy (non-hydrogen) atoms. The van der Waals surface area contributed by atoms with Gasteiger partial charge in [-0.1, -0.05) is 30.3 Å². The summed E-state index contributed by atoms with van der Waals surface area (Å²) in [4.78, 5) is 15.9. The fourth-order valence-electron chi connectivity index (χ4n) is 1.98. The lowest BCUT2D eigenvalue weighted by molar-refractivity contribution is 0.0601. The molecule has 0 aliphatic heterocycles. The van der Waals surface area contributed by atoms with Crippen molar-refractivity contribution in [3.63, 3.8) is 0 Å². The summed E-state index contributed by atoms with van der Waals surface area (Å²) >= 11 is 1.66. The number of halogens is 1. The molecule has 0 spiro atoms. The molecule has 112 valence electrons. The molecule has 3 rings (SSSR count). The van der Waals surface area contributed by atoms with Gasteiger partial charge in [0.25, 0.3) is 0 Å². The molecular weight excluding hydrogens is 318 g/mol. The fraction of sp³-hybridized carbons (Fsp3) is 0.0588. The van der Waals surface area contributed by atoms with Gasteiger partial charge in [0.1, 0.15) is 5.01 Å². The van der Waals surface area contributed by atoms with Crippen LogP contribution in [0.15, 0.2) is 48.5 Å². The van der Waals surface area contributed by atoms with Gasteiger partial charge in [0.05, 0.1) is 22.9 Å². The van der Waals surface area contributed by atoms with E-state index in [0.29, 0.717) is 5.56 Å². The van der Waals surface area contributed by atoms with E-state index < -0.39 is 0 Å². The molecule has 5 heteroatoms. The first-order chi connectivity index (χ1) is 10.3. The molecule has 1 aromatic heterocycles. The van der Waals surface area contributed by atoms with Crippen molar-refractivity contribution < 1.29 is 9.53 Å². The van der Waals surface area contributed by atoms with Crippen molar-refractivity contribution in [2.75, 3.05) is 7.11 Å². The number of aromatic nitrogens is 1. The monoisotopic (exact) mass is 331 g/mol. The molecular formula is C17H14ClNO2S. The van der Waals surface area contributed by atoms with Gasteiger partial charge in [-0.15, -0.1) is 23.7 Å². The summed E-state index contributed by atoms with van der Waals surface area (Å²) in [5, 5.41) is 0.966. The van der Waals surface area contributed by atoms with Gasteiger partial charge >= 0.3 is 5.97 Å². The molecule has 0 unspecified atom stereocenters. The summed E-state index contributed by atoms with van der Waals surface area (Å²) in [6.45, 7) is 0. The number of carbonyl (C=O) groups is 1. The van der Waals surface area contributed by atoms with Gasteiger partial charge in [-0.05, 0) is 35.9 Å². The van der Waals surface area contributed by atoms with E-state index in [0.717, 1.165) is 16.1 Å². The summed E-state index contributed by atoms with van der Waals surface area (Å²) in [7, 11) is 1.38. The van der Waals surface area contributed by atoms with Crippen molar-refractivity contribution in [2.45, 2.75) is 0 Å². The molecule has 0 amide bonds. The van der Waals surface area contributed by atoms with Crippen molar-refractivity contribution in [1.82, 2.24) is 4.98 Å². The average Bonchev–Trinajstić information content (AvgIpc) is 2.95. The molecule has 0 radical (unpaired) electrons. The van der Waals surface area contributed by atoms with Crippen LogP contribution in [0.1, 0.15) is 20.9 Å². The van der Waals surface area contributed by atoms with Crippen molar-refractivity contribution in [2.24, 2.45) is 0 Å². The lowest BCUT2D eigenvalue weighted by Crippen LogP contribution is -2.00. The zero-order chi connectivity index (χ0) is 14.7. The molecule has 0 saturated carbocycles. The first-order valence-corrected chi connectivity index (χ1v) is 7.30. The van der Waals surface area contributed by atoms with Crippen LogP contribution in [0.25, 0.3) is 22.4 Å². The van der Waals surface area contributed by atoms with E-state index in [2.05, 4.69) is 15.8 Å². The summed E-state index contributed by atoms with van der Waals surface area (Å²) in [6.07, 6.45) is 3.97. The van der Waals surface area contributed by atoms with Crippen molar-refractivity contribution in [3.8, 4) is 0 Å². The van der Waals surface area contributed by atoms with E-state index in [1.807, 2.05) is 42.5 Å². The van der Waals surface area contributed by atoms with Crippen LogP contribution in [0.3, 0.4) is 0 Å². The first kappa shape index (κ1) is 16.2. The number of nitrogens with zero attached hydrogens (tertiary/aromatic N) is 1. The minimum Gasteiger partial charge on any atom is -0.465 e. The average molecular weight is 332 g/mol. The Morgan fingerprint density at radius 3 is 2.50 bits per heavy atom. The quantitative estimate of drug-likeness (QED) is 0.654. The lowest BCUT2D eigenvalue weighted by Gasteiger charge is -1.98. The lowest BCUT2D eigenvalue weighted by atomic mass is 10.1. The van der Waals surface area contributed by atoms with Gasteiger partial charge in [-0.25, -0.2) is 9.78 Å². The normalized spacial score (nSPS) is 10.6. The predicted octanol–water partition coefficient (Wildman–Crippen LogP) is 4.68. The van der Waals surface area contributed by atoms with Gasteiger partial charge in [0.2, 0.25) is 0 Å². The van der Waals surface area contributed by atoms with Crippen molar-refractivity contribution in [3.05, 3.63) is 64.7 Å². The van der Waals surface area contributed by atoms with E-state index in [4.69, 9.17) is 0 Å². The second kappa shape index (κ2) is 7.20. The number of thiazole rings is 1. The van der Waals surface area contributed by atoms with Crippen LogP contribution in [0.5, 0.6) is 0 Å². The molecule has 3 nitrogen and oxygen atoms in total. The Morgan fingerprint density at radius 1 is 1.09 bits per heavy atom. The Morgan fingerprint density at radius 2 is 1.82 bits per heavy atom. The maximum atomic E-state index is 11.4. The highest BCUT2D eigenvalue weighted by Gasteiger charge is 2.03. The standard InChI is InChI=1S/C17H13NO2S.ClH/c1-20-17(19)13-9-6-12(7-10-13)8-11-16-18-14-4-2-3-5-15(14)21-16;/h2-11H,1H3;1H/b11-8+;. The van der Waals surface area contributed by atoms with Crippen molar-refractivity contribution >= 4 is 52.1 Å². The Hall–Kier alpha value is -2.17. The zero-order valence-electron chi connectivity index (χ0n) is 11.9. The highest BCUT2D eigenvalue weighted by atomic mass is 35.5. The SMILES string of the molecule is COC(=O)c1ccc(/C=C/c2nc3ccccc3s2)cc1.Cl. The second-order valence-corrected chi connectivity index (χ2v) is 5.53. The maximum absolute atomic E-state index is 11.4. The number of hydrogen-bond donors (Lipinski definition) is 0. The van der Waals surface area contributed by atoms with Crippen LogP contribution < -0.4 is 0 Å². The number of benzene rings is 2. The third-order valence-corrected chi connectivity index (χ3v) is 4.06. The van der Waals surface area contributed by atoms with E-state index in [-0.39, 0.29) is 18.4 Å². The Balaban J connectivity index is 0.00000176.